The molecule has 0 radical (unpaired) electrons. The second-order valence-corrected chi connectivity index (χ2v) is 6.75. The topological polar surface area (TPSA) is 58.2 Å². The molecule has 1 saturated carbocycles. The Morgan fingerprint density at radius 2 is 1.67 bits per heavy atom. The van der Waals surface area contributed by atoms with Crippen molar-refractivity contribution in [1.29, 1.82) is 0 Å². The quantitative estimate of drug-likeness (QED) is 0.788. The Morgan fingerprint density at radius 3 is 2.25 bits per heavy atom. The summed E-state index contributed by atoms with van der Waals surface area (Å²) in [6.45, 7) is 0. The first-order chi connectivity index (χ1) is 11.5. The standard InChI is InChI=1S/C18H16BrFN2O2/c19-13-8-6-12(7-9-13)18(10-3-11-18)17(24)22-21-16(23)14-4-1-2-5-15(14)20/h1-2,4-9H,3,10-11H2,(H,21,23)(H,22,24). The molecule has 0 unspecified atom stereocenters. The molecule has 2 amide bonds. The second-order valence-electron chi connectivity index (χ2n) is 5.83. The molecule has 24 heavy (non-hydrogen) atoms. The Balaban J connectivity index is 1.71. The van der Waals surface area contributed by atoms with Gasteiger partial charge >= 0.3 is 0 Å². The molecule has 2 N–H and O–H groups in total. The third-order valence-corrected chi connectivity index (χ3v) is 4.98. The van der Waals surface area contributed by atoms with E-state index in [0.29, 0.717) is 0 Å². The fourth-order valence-electron chi connectivity index (χ4n) is 2.89. The van der Waals surface area contributed by atoms with Gasteiger partial charge in [0.2, 0.25) is 5.91 Å². The van der Waals surface area contributed by atoms with Crippen LogP contribution in [0.2, 0.25) is 0 Å². The molecule has 124 valence electrons. The highest BCUT2D eigenvalue weighted by molar-refractivity contribution is 9.10. The minimum atomic E-state index is -0.674. The van der Waals surface area contributed by atoms with Gasteiger partial charge in [-0.05, 0) is 42.7 Å². The summed E-state index contributed by atoms with van der Waals surface area (Å²) in [6.07, 6.45) is 2.39. The van der Waals surface area contributed by atoms with Crippen LogP contribution in [0, 0.1) is 5.82 Å². The van der Waals surface area contributed by atoms with Crippen LogP contribution in [0.1, 0.15) is 35.2 Å². The van der Waals surface area contributed by atoms with E-state index in [1.165, 1.54) is 18.2 Å². The lowest BCUT2D eigenvalue weighted by molar-refractivity contribution is -0.130. The van der Waals surface area contributed by atoms with Crippen molar-refractivity contribution in [3.05, 3.63) is 69.9 Å². The van der Waals surface area contributed by atoms with E-state index in [0.717, 1.165) is 29.3 Å². The maximum absolute atomic E-state index is 13.6. The number of nitrogens with one attached hydrogen (secondary N) is 2. The van der Waals surface area contributed by atoms with Gasteiger partial charge in [0.05, 0.1) is 11.0 Å². The van der Waals surface area contributed by atoms with Crippen molar-refractivity contribution >= 4 is 27.7 Å². The maximum Gasteiger partial charge on any atom is 0.272 e. The lowest BCUT2D eigenvalue weighted by Gasteiger charge is -2.40. The van der Waals surface area contributed by atoms with Gasteiger partial charge < -0.3 is 0 Å². The smallest absolute Gasteiger partial charge is 0.272 e. The molecule has 1 fully saturated rings. The van der Waals surface area contributed by atoms with E-state index in [1.807, 2.05) is 24.3 Å². The molecule has 0 bridgehead atoms. The summed E-state index contributed by atoms with van der Waals surface area (Å²) in [7, 11) is 0. The van der Waals surface area contributed by atoms with E-state index in [-0.39, 0.29) is 11.5 Å². The monoisotopic (exact) mass is 390 g/mol. The molecule has 3 rings (SSSR count). The first-order valence-corrected chi connectivity index (χ1v) is 8.44. The first-order valence-electron chi connectivity index (χ1n) is 7.64. The molecule has 2 aromatic rings. The highest BCUT2D eigenvalue weighted by atomic mass is 79.9. The predicted octanol–water partition coefficient (Wildman–Crippen LogP) is 3.47. The van der Waals surface area contributed by atoms with Crippen LogP contribution in [0.25, 0.3) is 0 Å². The number of carbonyl (C=O) groups is 2. The van der Waals surface area contributed by atoms with Gasteiger partial charge in [-0.3, -0.25) is 20.4 Å². The van der Waals surface area contributed by atoms with E-state index >= 15 is 0 Å². The van der Waals surface area contributed by atoms with E-state index in [9.17, 15) is 14.0 Å². The van der Waals surface area contributed by atoms with Crippen molar-refractivity contribution in [2.45, 2.75) is 24.7 Å². The van der Waals surface area contributed by atoms with Crippen LogP contribution in [0.3, 0.4) is 0 Å². The lowest BCUT2D eigenvalue weighted by atomic mass is 9.64. The molecular formula is C18H16BrFN2O2. The highest BCUT2D eigenvalue weighted by Crippen LogP contribution is 2.44. The number of amides is 2. The van der Waals surface area contributed by atoms with Crippen LogP contribution in [-0.4, -0.2) is 11.8 Å². The zero-order valence-electron chi connectivity index (χ0n) is 12.8. The van der Waals surface area contributed by atoms with Gasteiger partial charge in [0.25, 0.3) is 5.91 Å². The molecule has 0 spiro atoms. The Hall–Kier alpha value is -2.21. The average Bonchev–Trinajstić information content (AvgIpc) is 2.54. The molecule has 0 atom stereocenters. The number of halogens is 2. The summed E-state index contributed by atoms with van der Waals surface area (Å²) in [5.41, 5.74) is 4.92. The van der Waals surface area contributed by atoms with Gasteiger partial charge in [0.1, 0.15) is 5.82 Å². The SMILES string of the molecule is O=C(NNC(=O)C1(c2ccc(Br)cc2)CCC1)c1ccccc1F. The van der Waals surface area contributed by atoms with Crippen molar-refractivity contribution in [3.8, 4) is 0 Å². The summed E-state index contributed by atoms with van der Waals surface area (Å²) in [5.74, 6) is -1.58. The fraction of sp³-hybridized carbons (Fsp3) is 0.222. The summed E-state index contributed by atoms with van der Waals surface area (Å²) < 4.78 is 14.5. The van der Waals surface area contributed by atoms with Crippen LogP contribution in [0.5, 0.6) is 0 Å². The summed E-state index contributed by atoms with van der Waals surface area (Å²) >= 11 is 3.38. The van der Waals surface area contributed by atoms with Gasteiger partial charge in [-0.2, -0.15) is 0 Å². The van der Waals surface area contributed by atoms with Crippen molar-refractivity contribution < 1.29 is 14.0 Å². The van der Waals surface area contributed by atoms with Crippen LogP contribution in [0.4, 0.5) is 4.39 Å². The molecule has 1 aliphatic carbocycles. The number of benzene rings is 2. The number of hydrogen-bond acceptors (Lipinski definition) is 2. The van der Waals surface area contributed by atoms with Crippen molar-refractivity contribution in [1.82, 2.24) is 10.9 Å². The van der Waals surface area contributed by atoms with Gasteiger partial charge in [0.15, 0.2) is 0 Å². The molecule has 4 nitrogen and oxygen atoms in total. The van der Waals surface area contributed by atoms with Crippen LogP contribution < -0.4 is 10.9 Å². The third kappa shape index (κ3) is 3.06. The average molecular weight is 391 g/mol. The zero-order chi connectivity index (χ0) is 17.2. The Bertz CT molecular complexity index is 773. The van der Waals surface area contributed by atoms with Gasteiger partial charge in [-0.25, -0.2) is 4.39 Å². The van der Waals surface area contributed by atoms with E-state index < -0.39 is 17.1 Å². The Morgan fingerprint density at radius 1 is 1.00 bits per heavy atom. The Kier molecular flexibility index (Phi) is 4.66. The molecule has 2 aromatic carbocycles. The zero-order valence-corrected chi connectivity index (χ0v) is 14.4. The van der Waals surface area contributed by atoms with Crippen molar-refractivity contribution in [3.63, 3.8) is 0 Å². The van der Waals surface area contributed by atoms with Crippen LogP contribution in [-0.2, 0) is 10.2 Å². The predicted molar refractivity (Wildman–Crippen MR) is 91.7 cm³/mol. The number of rotatable bonds is 3. The normalized spacial score (nSPS) is 15.2. The van der Waals surface area contributed by atoms with Crippen molar-refractivity contribution in [2.75, 3.05) is 0 Å². The first kappa shape index (κ1) is 16.6. The molecule has 0 aromatic heterocycles. The highest BCUT2D eigenvalue weighted by Gasteiger charge is 2.45. The minimum absolute atomic E-state index is 0.107. The van der Waals surface area contributed by atoms with Gasteiger partial charge in [0, 0.05) is 4.47 Å². The fourth-order valence-corrected chi connectivity index (χ4v) is 3.16. The molecule has 1 aliphatic rings. The third-order valence-electron chi connectivity index (χ3n) is 4.45. The maximum atomic E-state index is 13.6. The minimum Gasteiger partial charge on any atom is -0.272 e. The second kappa shape index (κ2) is 6.73. The van der Waals surface area contributed by atoms with Crippen LogP contribution in [0.15, 0.2) is 53.0 Å². The van der Waals surface area contributed by atoms with E-state index in [1.54, 1.807) is 6.07 Å². The number of hydrazine groups is 1. The number of carbonyl (C=O) groups excluding carboxylic acids is 2. The molecule has 0 heterocycles. The van der Waals surface area contributed by atoms with Crippen molar-refractivity contribution in [2.24, 2.45) is 0 Å². The van der Waals surface area contributed by atoms with E-state index in [2.05, 4.69) is 26.8 Å². The largest absolute Gasteiger partial charge is 0.272 e. The van der Waals surface area contributed by atoms with Gasteiger partial charge in [-0.15, -0.1) is 0 Å². The Labute approximate surface area is 147 Å². The summed E-state index contributed by atoms with van der Waals surface area (Å²) in [6, 6.07) is 13.2. The number of hydrogen-bond donors (Lipinski definition) is 2. The van der Waals surface area contributed by atoms with E-state index in [4.69, 9.17) is 0 Å². The molecule has 0 saturated heterocycles. The lowest BCUT2D eigenvalue weighted by Crippen LogP contribution is -2.54. The summed E-state index contributed by atoms with van der Waals surface area (Å²) in [5, 5.41) is 0. The summed E-state index contributed by atoms with van der Waals surface area (Å²) in [4.78, 5) is 24.6. The van der Waals surface area contributed by atoms with Gasteiger partial charge in [-0.1, -0.05) is 46.6 Å². The molecule has 0 aliphatic heterocycles. The molecular weight excluding hydrogens is 375 g/mol. The van der Waals surface area contributed by atoms with Crippen LogP contribution >= 0.6 is 15.9 Å². The molecule has 6 heteroatoms.